The molecule has 2 N–H and O–H groups in total. The van der Waals surface area contributed by atoms with Crippen LogP contribution in [0.5, 0.6) is 17.2 Å². The second kappa shape index (κ2) is 9.16. The maximum absolute atomic E-state index is 5.87. The van der Waals surface area contributed by atoms with Crippen molar-refractivity contribution in [2.24, 2.45) is 4.99 Å². The van der Waals surface area contributed by atoms with Crippen LogP contribution in [-0.4, -0.2) is 33.3 Å². The molecule has 6 nitrogen and oxygen atoms in total. The molecule has 0 unspecified atom stereocenters. The first-order chi connectivity index (χ1) is 13.2. The highest BCUT2D eigenvalue weighted by molar-refractivity contribution is 5.79. The molecular formula is C21H27N3O3. The highest BCUT2D eigenvalue weighted by atomic mass is 16.5. The van der Waals surface area contributed by atoms with Gasteiger partial charge in [0.25, 0.3) is 0 Å². The molecule has 6 heteroatoms. The lowest BCUT2D eigenvalue weighted by atomic mass is 10.1. The lowest BCUT2D eigenvalue weighted by molar-refractivity contribution is 0.296. The molecule has 1 aliphatic rings. The molecule has 0 fully saturated rings. The van der Waals surface area contributed by atoms with Gasteiger partial charge in [0, 0.05) is 37.7 Å². The Kier molecular flexibility index (Phi) is 6.41. The molecule has 0 aliphatic carbocycles. The second-order valence-corrected chi connectivity index (χ2v) is 6.39. The highest BCUT2D eigenvalue weighted by Crippen LogP contribution is 2.33. The number of para-hydroxylation sites is 1. The Bertz CT molecular complexity index is 805. The van der Waals surface area contributed by atoms with E-state index in [-0.39, 0.29) is 0 Å². The van der Waals surface area contributed by atoms with Crippen LogP contribution in [0.15, 0.2) is 41.4 Å². The van der Waals surface area contributed by atoms with Gasteiger partial charge in [-0.1, -0.05) is 24.3 Å². The van der Waals surface area contributed by atoms with Gasteiger partial charge in [-0.3, -0.25) is 4.99 Å². The van der Waals surface area contributed by atoms with Crippen molar-refractivity contribution >= 4 is 5.96 Å². The second-order valence-electron chi connectivity index (χ2n) is 6.39. The molecule has 0 bridgehead atoms. The summed E-state index contributed by atoms with van der Waals surface area (Å²) in [6, 6.07) is 12.1. The molecule has 0 saturated carbocycles. The standard InChI is InChI=1S/C21H27N3O3/c1-15-8-9-16(19(12-15)25-3)13-23-21(22-2)24-14-17-6-4-7-18-20(17)27-11-5-10-26-18/h4,6-9,12H,5,10-11,13-14H2,1-3H3,(H2,22,23,24). The van der Waals surface area contributed by atoms with E-state index < -0.39 is 0 Å². The SMILES string of the molecule is CN=C(NCc1ccc(C)cc1OC)NCc1cccc2c1OCCCO2. The van der Waals surface area contributed by atoms with Crippen LogP contribution in [0.25, 0.3) is 0 Å². The molecule has 2 aromatic carbocycles. The van der Waals surface area contributed by atoms with Crippen LogP contribution in [0.2, 0.25) is 0 Å². The lowest BCUT2D eigenvalue weighted by Gasteiger charge is -2.16. The Morgan fingerprint density at radius 3 is 2.63 bits per heavy atom. The Morgan fingerprint density at radius 1 is 1.07 bits per heavy atom. The third kappa shape index (κ3) is 4.84. The molecule has 3 rings (SSSR count). The first kappa shape index (κ1) is 18.9. The van der Waals surface area contributed by atoms with Crippen LogP contribution in [-0.2, 0) is 13.1 Å². The van der Waals surface area contributed by atoms with Gasteiger partial charge in [-0.2, -0.15) is 0 Å². The number of guanidine groups is 1. The molecule has 0 aromatic heterocycles. The minimum atomic E-state index is 0.594. The zero-order valence-corrected chi connectivity index (χ0v) is 16.2. The first-order valence-corrected chi connectivity index (χ1v) is 9.17. The van der Waals surface area contributed by atoms with Crippen molar-refractivity contribution in [2.45, 2.75) is 26.4 Å². The Balaban J connectivity index is 1.62. The van der Waals surface area contributed by atoms with Crippen molar-refractivity contribution in [2.75, 3.05) is 27.4 Å². The molecule has 144 valence electrons. The average Bonchev–Trinajstić information content (AvgIpc) is 2.94. The predicted molar refractivity (Wildman–Crippen MR) is 107 cm³/mol. The summed E-state index contributed by atoms with van der Waals surface area (Å²) in [5.74, 6) is 3.21. The van der Waals surface area contributed by atoms with E-state index in [9.17, 15) is 0 Å². The number of methoxy groups -OCH3 is 1. The van der Waals surface area contributed by atoms with Crippen molar-refractivity contribution in [3.05, 3.63) is 53.1 Å². The van der Waals surface area contributed by atoms with Gasteiger partial charge in [-0.15, -0.1) is 0 Å². The third-order valence-corrected chi connectivity index (χ3v) is 4.41. The van der Waals surface area contributed by atoms with Crippen molar-refractivity contribution < 1.29 is 14.2 Å². The van der Waals surface area contributed by atoms with Crippen molar-refractivity contribution in [3.63, 3.8) is 0 Å². The molecule has 0 radical (unpaired) electrons. The highest BCUT2D eigenvalue weighted by Gasteiger charge is 2.14. The fraction of sp³-hybridized carbons (Fsp3) is 0.381. The summed E-state index contributed by atoms with van der Waals surface area (Å²) in [5, 5.41) is 6.67. The van der Waals surface area contributed by atoms with Crippen molar-refractivity contribution in [1.82, 2.24) is 10.6 Å². The van der Waals surface area contributed by atoms with E-state index in [0.29, 0.717) is 32.3 Å². The number of hydrogen-bond acceptors (Lipinski definition) is 4. The Morgan fingerprint density at radius 2 is 1.85 bits per heavy atom. The van der Waals surface area contributed by atoms with E-state index in [1.807, 2.05) is 24.3 Å². The Labute approximate surface area is 160 Å². The fourth-order valence-corrected chi connectivity index (χ4v) is 2.97. The smallest absolute Gasteiger partial charge is 0.191 e. The van der Waals surface area contributed by atoms with Gasteiger partial charge in [-0.25, -0.2) is 0 Å². The molecule has 27 heavy (non-hydrogen) atoms. The number of nitrogens with one attached hydrogen (secondary N) is 2. The number of nitrogens with zero attached hydrogens (tertiary/aromatic N) is 1. The zero-order valence-electron chi connectivity index (χ0n) is 16.2. The lowest BCUT2D eigenvalue weighted by Crippen LogP contribution is -2.36. The molecule has 0 saturated heterocycles. The van der Waals surface area contributed by atoms with Gasteiger partial charge < -0.3 is 24.8 Å². The zero-order chi connectivity index (χ0) is 19.1. The van der Waals surface area contributed by atoms with Crippen LogP contribution in [0.3, 0.4) is 0 Å². The number of ether oxygens (including phenoxy) is 3. The summed E-state index contributed by atoms with van der Waals surface area (Å²) in [5.41, 5.74) is 3.30. The number of hydrogen-bond donors (Lipinski definition) is 2. The van der Waals surface area contributed by atoms with Gasteiger partial charge in [-0.05, 0) is 24.6 Å². The van der Waals surface area contributed by atoms with E-state index >= 15 is 0 Å². The summed E-state index contributed by atoms with van der Waals surface area (Å²) in [4.78, 5) is 4.30. The van der Waals surface area contributed by atoms with Crippen molar-refractivity contribution in [1.29, 1.82) is 0 Å². The number of rotatable bonds is 5. The number of aliphatic imine (C=N–C) groups is 1. The molecule has 0 atom stereocenters. The fourth-order valence-electron chi connectivity index (χ4n) is 2.97. The van der Waals surface area contributed by atoms with E-state index in [0.717, 1.165) is 34.8 Å². The van der Waals surface area contributed by atoms with Gasteiger partial charge in [0.1, 0.15) is 5.75 Å². The molecule has 1 aliphatic heterocycles. The summed E-state index contributed by atoms with van der Waals surface area (Å²) in [7, 11) is 3.45. The van der Waals surface area contributed by atoms with Gasteiger partial charge in [0.15, 0.2) is 17.5 Å². The maximum atomic E-state index is 5.87. The molecule has 0 spiro atoms. The van der Waals surface area contributed by atoms with Crippen LogP contribution in [0.4, 0.5) is 0 Å². The minimum absolute atomic E-state index is 0.594. The topological polar surface area (TPSA) is 64.1 Å². The van der Waals surface area contributed by atoms with E-state index in [1.54, 1.807) is 14.2 Å². The van der Waals surface area contributed by atoms with E-state index in [4.69, 9.17) is 14.2 Å². The number of benzene rings is 2. The predicted octanol–water partition coefficient (Wildman–Crippen LogP) is 3.03. The third-order valence-electron chi connectivity index (χ3n) is 4.41. The van der Waals surface area contributed by atoms with Crippen LogP contribution in [0.1, 0.15) is 23.1 Å². The average molecular weight is 369 g/mol. The number of aryl methyl sites for hydroxylation is 1. The van der Waals surface area contributed by atoms with Crippen LogP contribution >= 0.6 is 0 Å². The van der Waals surface area contributed by atoms with Crippen LogP contribution < -0.4 is 24.8 Å². The molecule has 0 amide bonds. The number of fused-ring (bicyclic) bond motifs is 1. The Hall–Kier alpha value is -2.89. The minimum Gasteiger partial charge on any atom is -0.496 e. The van der Waals surface area contributed by atoms with E-state index in [2.05, 4.69) is 34.7 Å². The van der Waals surface area contributed by atoms with E-state index in [1.165, 1.54) is 5.56 Å². The molecule has 2 aromatic rings. The normalized spacial score (nSPS) is 13.7. The van der Waals surface area contributed by atoms with Gasteiger partial charge in [0.2, 0.25) is 0 Å². The monoisotopic (exact) mass is 369 g/mol. The summed E-state index contributed by atoms with van der Waals surface area (Å²) >= 11 is 0. The largest absolute Gasteiger partial charge is 0.496 e. The molecule has 1 heterocycles. The van der Waals surface area contributed by atoms with Crippen LogP contribution in [0, 0.1) is 6.92 Å². The summed E-state index contributed by atoms with van der Waals surface area (Å²) in [6.07, 6.45) is 0.892. The summed E-state index contributed by atoms with van der Waals surface area (Å²) in [6.45, 7) is 4.62. The first-order valence-electron chi connectivity index (χ1n) is 9.17. The maximum Gasteiger partial charge on any atom is 0.191 e. The van der Waals surface area contributed by atoms with Crippen molar-refractivity contribution in [3.8, 4) is 17.2 Å². The quantitative estimate of drug-likeness (QED) is 0.627. The molecular weight excluding hydrogens is 342 g/mol. The van der Waals surface area contributed by atoms with Gasteiger partial charge in [0.05, 0.1) is 20.3 Å². The summed E-state index contributed by atoms with van der Waals surface area (Å²) < 4.78 is 17.1. The van der Waals surface area contributed by atoms with Gasteiger partial charge >= 0.3 is 0 Å².